The van der Waals surface area contributed by atoms with Crippen molar-refractivity contribution in [3.8, 4) is 0 Å². The second-order valence-electron chi connectivity index (χ2n) is 4.69. The molecule has 0 spiro atoms. The molecule has 0 aliphatic carbocycles. The van der Waals surface area contributed by atoms with Gasteiger partial charge in [0.05, 0.1) is 22.9 Å². The molecule has 1 atom stereocenters. The molecule has 1 aliphatic rings. The third-order valence-electron chi connectivity index (χ3n) is 3.34. The number of anilines is 1. The zero-order valence-electron chi connectivity index (χ0n) is 11.5. The Kier molecular flexibility index (Phi) is 5.23. The molecule has 1 fully saturated rings. The number of carbonyl (C=O) groups is 1. The van der Waals surface area contributed by atoms with Crippen molar-refractivity contribution in [1.82, 2.24) is 4.90 Å². The third-order valence-corrected chi connectivity index (χ3v) is 3.67. The van der Waals surface area contributed by atoms with E-state index in [1.165, 1.54) is 0 Å². The number of halogens is 1. The van der Waals surface area contributed by atoms with Crippen LogP contribution in [0.1, 0.15) is 17.3 Å². The number of nitrogens with zero attached hydrogens (tertiary/aromatic N) is 1. The van der Waals surface area contributed by atoms with E-state index in [4.69, 9.17) is 26.8 Å². The van der Waals surface area contributed by atoms with Gasteiger partial charge in [-0.05, 0) is 18.7 Å². The number of para-hydroxylation sites is 1. The van der Waals surface area contributed by atoms with Crippen molar-refractivity contribution < 1.29 is 14.3 Å². The number of nitrogens with two attached hydrogens (primary N) is 1. The molecule has 1 aliphatic heterocycles. The van der Waals surface area contributed by atoms with Gasteiger partial charge >= 0.3 is 5.97 Å². The molecule has 0 radical (unpaired) electrons. The molecule has 0 amide bonds. The van der Waals surface area contributed by atoms with E-state index in [1.54, 1.807) is 18.2 Å². The first-order chi connectivity index (χ1) is 9.61. The molecular formula is C14H19ClN2O3. The quantitative estimate of drug-likeness (QED) is 0.678. The molecule has 6 heteroatoms. The van der Waals surface area contributed by atoms with Gasteiger partial charge in [0.25, 0.3) is 0 Å². The number of morpholine rings is 1. The van der Waals surface area contributed by atoms with Gasteiger partial charge in [-0.3, -0.25) is 4.90 Å². The number of likely N-dealkylation sites (N-methyl/N-ethyl adjacent to an activating group) is 1. The summed E-state index contributed by atoms with van der Waals surface area (Å²) in [7, 11) is 0. The van der Waals surface area contributed by atoms with Crippen LogP contribution in [0.25, 0.3) is 0 Å². The summed E-state index contributed by atoms with van der Waals surface area (Å²) >= 11 is 5.88. The van der Waals surface area contributed by atoms with Gasteiger partial charge in [0.1, 0.15) is 12.7 Å². The highest BCUT2D eigenvalue weighted by Gasteiger charge is 2.21. The highest BCUT2D eigenvalue weighted by Crippen LogP contribution is 2.23. The molecule has 1 unspecified atom stereocenters. The van der Waals surface area contributed by atoms with Crippen molar-refractivity contribution in [2.24, 2.45) is 0 Å². The summed E-state index contributed by atoms with van der Waals surface area (Å²) in [5.74, 6) is -0.470. The van der Waals surface area contributed by atoms with E-state index in [0.29, 0.717) is 17.2 Å². The number of rotatable bonds is 4. The van der Waals surface area contributed by atoms with Crippen molar-refractivity contribution in [1.29, 1.82) is 0 Å². The van der Waals surface area contributed by atoms with E-state index in [0.717, 1.165) is 19.6 Å². The lowest BCUT2D eigenvalue weighted by Gasteiger charge is -2.31. The summed E-state index contributed by atoms with van der Waals surface area (Å²) in [6.07, 6.45) is -0.0898. The molecule has 1 aromatic rings. The van der Waals surface area contributed by atoms with Crippen LogP contribution in [0.5, 0.6) is 0 Å². The number of esters is 1. The van der Waals surface area contributed by atoms with Crippen molar-refractivity contribution in [2.45, 2.75) is 13.0 Å². The molecule has 2 rings (SSSR count). The van der Waals surface area contributed by atoms with Crippen LogP contribution < -0.4 is 5.73 Å². The first-order valence-electron chi connectivity index (χ1n) is 6.67. The number of hydrogen-bond acceptors (Lipinski definition) is 5. The Morgan fingerprint density at radius 2 is 2.40 bits per heavy atom. The normalized spacial score (nSPS) is 19.8. The van der Waals surface area contributed by atoms with Crippen molar-refractivity contribution in [3.63, 3.8) is 0 Å². The maximum atomic E-state index is 12.0. The van der Waals surface area contributed by atoms with E-state index in [9.17, 15) is 4.79 Å². The van der Waals surface area contributed by atoms with E-state index in [1.807, 2.05) is 0 Å². The number of ether oxygens (including phenoxy) is 2. The largest absolute Gasteiger partial charge is 0.459 e. The fraction of sp³-hybridized carbons (Fsp3) is 0.500. The summed E-state index contributed by atoms with van der Waals surface area (Å²) in [6, 6.07) is 4.91. The Labute approximate surface area is 123 Å². The van der Waals surface area contributed by atoms with Gasteiger partial charge in [0, 0.05) is 13.1 Å². The zero-order chi connectivity index (χ0) is 14.5. The summed E-state index contributed by atoms with van der Waals surface area (Å²) in [5, 5.41) is 0.352. The Bertz CT molecular complexity index is 481. The van der Waals surface area contributed by atoms with E-state index in [-0.39, 0.29) is 18.4 Å². The molecule has 1 heterocycles. The van der Waals surface area contributed by atoms with E-state index in [2.05, 4.69) is 11.8 Å². The maximum Gasteiger partial charge on any atom is 0.340 e. The fourth-order valence-electron chi connectivity index (χ4n) is 2.13. The Hall–Kier alpha value is -1.30. The topological polar surface area (TPSA) is 64.8 Å². The molecule has 0 bridgehead atoms. The molecule has 20 heavy (non-hydrogen) atoms. The average molecular weight is 299 g/mol. The first-order valence-corrected chi connectivity index (χ1v) is 7.04. The fourth-order valence-corrected chi connectivity index (χ4v) is 2.30. The van der Waals surface area contributed by atoms with Gasteiger partial charge in [-0.2, -0.15) is 0 Å². The molecule has 110 valence electrons. The lowest BCUT2D eigenvalue weighted by atomic mass is 10.2. The van der Waals surface area contributed by atoms with E-state index >= 15 is 0 Å². The van der Waals surface area contributed by atoms with Gasteiger partial charge in [0.15, 0.2) is 0 Å². The Morgan fingerprint density at radius 3 is 3.15 bits per heavy atom. The van der Waals surface area contributed by atoms with E-state index < -0.39 is 5.97 Å². The van der Waals surface area contributed by atoms with Gasteiger partial charge in [-0.25, -0.2) is 4.79 Å². The van der Waals surface area contributed by atoms with Crippen molar-refractivity contribution in [3.05, 3.63) is 28.8 Å². The lowest BCUT2D eigenvalue weighted by Crippen LogP contribution is -2.44. The molecule has 0 saturated carbocycles. The lowest BCUT2D eigenvalue weighted by molar-refractivity contribution is -0.0578. The first kappa shape index (κ1) is 15.1. The van der Waals surface area contributed by atoms with Crippen LogP contribution >= 0.6 is 11.6 Å². The average Bonchev–Trinajstić information content (AvgIpc) is 2.48. The zero-order valence-corrected chi connectivity index (χ0v) is 12.2. The predicted molar refractivity (Wildman–Crippen MR) is 78.0 cm³/mol. The molecule has 1 aromatic carbocycles. The van der Waals surface area contributed by atoms with Crippen LogP contribution in [0.3, 0.4) is 0 Å². The molecule has 1 saturated heterocycles. The summed E-state index contributed by atoms with van der Waals surface area (Å²) in [4.78, 5) is 14.2. The molecule has 2 N–H and O–H groups in total. The second-order valence-corrected chi connectivity index (χ2v) is 5.09. The van der Waals surface area contributed by atoms with Crippen LogP contribution in [0, 0.1) is 0 Å². The molecule has 5 nitrogen and oxygen atoms in total. The summed E-state index contributed by atoms with van der Waals surface area (Å²) < 4.78 is 10.8. The number of nitrogen functional groups attached to an aromatic ring is 1. The number of hydrogen-bond donors (Lipinski definition) is 1. The SMILES string of the molecule is CCN1CCOC(COC(=O)c2cccc(Cl)c2N)C1. The van der Waals surface area contributed by atoms with Crippen LogP contribution in [0.15, 0.2) is 18.2 Å². The summed E-state index contributed by atoms with van der Waals surface area (Å²) in [6.45, 7) is 5.64. The van der Waals surface area contributed by atoms with Crippen LogP contribution in [-0.4, -0.2) is 49.8 Å². The van der Waals surface area contributed by atoms with Gasteiger partial charge in [-0.15, -0.1) is 0 Å². The minimum absolute atomic E-state index is 0.0898. The minimum Gasteiger partial charge on any atom is -0.459 e. The van der Waals surface area contributed by atoms with Crippen LogP contribution in [0.2, 0.25) is 5.02 Å². The monoisotopic (exact) mass is 298 g/mol. The van der Waals surface area contributed by atoms with Gasteiger partial charge in [0.2, 0.25) is 0 Å². The second kappa shape index (κ2) is 6.92. The van der Waals surface area contributed by atoms with Crippen molar-refractivity contribution in [2.75, 3.05) is 38.6 Å². The highest BCUT2D eigenvalue weighted by molar-refractivity contribution is 6.33. The van der Waals surface area contributed by atoms with Gasteiger partial charge in [-0.1, -0.05) is 24.6 Å². The van der Waals surface area contributed by atoms with Crippen molar-refractivity contribution >= 4 is 23.3 Å². The standard InChI is InChI=1S/C14H19ClN2O3/c1-2-17-6-7-19-10(8-17)9-20-14(18)11-4-3-5-12(15)13(11)16/h3-5,10H,2,6-9,16H2,1H3. The minimum atomic E-state index is -0.470. The van der Waals surface area contributed by atoms with Crippen LogP contribution in [-0.2, 0) is 9.47 Å². The predicted octanol–water partition coefficient (Wildman–Crippen LogP) is 1.80. The maximum absolute atomic E-state index is 12.0. The summed E-state index contributed by atoms with van der Waals surface area (Å²) in [5.41, 5.74) is 6.30. The number of benzene rings is 1. The smallest absolute Gasteiger partial charge is 0.340 e. The number of carbonyl (C=O) groups excluding carboxylic acids is 1. The Balaban J connectivity index is 1.90. The Morgan fingerprint density at radius 1 is 1.60 bits per heavy atom. The van der Waals surface area contributed by atoms with Gasteiger partial charge < -0.3 is 15.2 Å². The molecule has 0 aromatic heterocycles. The van der Waals surface area contributed by atoms with Crippen LogP contribution in [0.4, 0.5) is 5.69 Å². The highest BCUT2D eigenvalue weighted by atomic mass is 35.5. The molecular weight excluding hydrogens is 280 g/mol. The third kappa shape index (κ3) is 3.62.